The maximum Gasteiger partial charge on any atom is 0.339 e. The number of ether oxygens (including phenoxy) is 1. The fourth-order valence-electron chi connectivity index (χ4n) is 1.97. The Bertz CT molecular complexity index is 499. The lowest BCUT2D eigenvalue weighted by molar-refractivity contribution is -0.133. The molecule has 1 amide bonds. The summed E-state index contributed by atoms with van der Waals surface area (Å²) in [5, 5.41) is 0. The molecule has 1 aliphatic heterocycles. The molecule has 1 aromatic carbocycles. The van der Waals surface area contributed by atoms with Crippen LogP contribution in [0.1, 0.15) is 23.2 Å². The van der Waals surface area contributed by atoms with Crippen LogP contribution in [0.15, 0.2) is 22.7 Å². The summed E-state index contributed by atoms with van der Waals surface area (Å²) < 4.78 is 5.52. The summed E-state index contributed by atoms with van der Waals surface area (Å²) in [4.78, 5) is 25.3. The van der Waals surface area contributed by atoms with Gasteiger partial charge in [0, 0.05) is 18.8 Å². The molecule has 2 N–H and O–H groups in total. The first-order valence-corrected chi connectivity index (χ1v) is 6.88. The maximum atomic E-state index is 11.9. The molecule has 1 aliphatic rings. The lowest BCUT2D eigenvalue weighted by atomic mass is 10.2. The smallest absolute Gasteiger partial charge is 0.339 e. The van der Waals surface area contributed by atoms with E-state index in [1.54, 1.807) is 23.1 Å². The maximum absolute atomic E-state index is 11.9. The number of hydrogen-bond donors (Lipinski definition) is 1. The van der Waals surface area contributed by atoms with Crippen LogP contribution in [0, 0.1) is 0 Å². The number of hydrogen-bond acceptors (Lipinski definition) is 4. The second-order valence-corrected chi connectivity index (χ2v) is 5.17. The van der Waals surface area contributed by atoms with E-state index in [2.05, 4.69) is 15.9 Å². The Morgan fingerprint density at radius 3 is 2.68 bits per heavy atom. The standard InChI is InChI=1S/C13H15BrN2O3/c14-12-9(4-3-5-10(12)15)13(18)19-8-11(17)16-6-1-2-7-16/h3-5H,1-2,6-8,15H2. The Labute approximate surface area is 119 Å². The number of nitrogens with zero attached hydrogens (tertiary/aromatic N) is 1. The van der Waals surface area contributed by atoms with Gasteiger partial charge < -0.3 is 15.4 Å². The molecular weight excluding hydrogens is 312 g/mol. The first kappa shape index (κ1) is 13.9. The highest BCUT2D eigenvalue weighted by Gasteiger charge is 2.20. The van der Waals surface area contributed by atoms with E-state index in [1.807, 2.05) is 0 Å². The van der Waals surface area contributed by atoms with Crippen LogP contribution < -0.4 is 5.73 Å². The number of amides is 1. The number of benzene rings is 1. The zero-order valence-corrected chi connectivity index (χ0v) is 12.0. The number of anilines is 1. The van der Waals surface area contributed by atoms with E-state index in [1.165, 1.54) is 0 Å². The zero-order valence-electron chi connectivity index (χ0n) is 10.4. The highest BCUT2D eigenvalue weighted by atomic mass is 79.9. The molecule has 0 bridgehead atoms. The van der Waals surface area contributed by atoms with Crippen molar-refractivity contribution in [2.24, 2.45) is 0 Å². The summed E-state index contributed by atoms with van der Waals surface area (Å²) in [5.41, 5.74) is 6.47. The Morgan fingerprint density at radius 2 is 2.00 bits per heavy atom. The highest BCUT2D eigenvalue weighted by Crippen LogP contribution is 2.24. The Hall–Kier alpha value is -1.56. The van der Waals surface area contributed by atoms with Gasteiger partial charge in [-0.2, -0.15) is 0 Å². The second kappa shape index (κ2) is 6.06. The van der Waals surface area contributed by atoms with Crippen LogP contribution in [0.2, 0.25) is 0 Å². The first-order chi connectivity index (χ1) is 9.09. The number of carbonyl (C=O) groups excluding carboxylic acids is 2. The number of likely N-dealkylation sites (tertiary alicyclic amines) is 1. The number of rotatable bonds is 3. The van der Waals surface area contributed by atoms with E-state index >= 15 is 0 Å². The van der Waals surface area contributed by atoms with Gasteiger partial charge >= 0.3 is 5.97 Å². The average molecular weight is 327 g/mol. The molecular formula is C13H15BrN2O3. The molecule has 0 unspecified atom stereocenters. The van der Waals surface area contributed by atoms with Gasteiger partial charge in [-0.05, 0) is 40.9 Å². The Kier molecular flexibility index (Phi) is 4.42. The molecule has 2 rings (SSSR count). The minimum atomic E-state index is -0.549. The van der Waals surface area contributed by atoms with Gasteiger partial charge in [0.2, 0.25) is 0 Å². The van der Waals surface area contributed by atoms with Crippen molar-refractivity contribution in [3.8, 4) is 0 Å². The molecule has 1 heterocycles. The fourth-order valence-corrected chi connectivity index (χ4v) is 2.40. The Morgan fingerprint density at radius 1 is 1.32 bits per heavy atom. The fraction of sp³-hybridized carbons (Fsp3) is 0.385. The molecule has 0 radical (unpaired) electrons. The van der Waals surface area contributed by atoms with E-state index in [4.69, 9.17) is 10.5 Å². The number of halogens is 1. The van der Waals surface area contributed by atoms with Crippen LogP contribution in [0.5, 0.6) is 0 Å². The predicted molar refractivity (Wildman–Crippen MR) is 74.7 cm³/mol. The van der Waals surface area contributed by atoms with E-state index < -0.39 is 5.97 Å². The van der Waals surface area contributed by atoms with E-state index in [9.17, 15) is 9.59 Å². The molecule has 0 aliphatic carbocycles. The van der Waals surface area contributed by atoms with Crippen LogP contribution in [0.25, 0.3) is 0 Å². The summed E-state index contributed by atoms with van der Waals surface area (Å²) in [7, 11) is 0. The monoisotopic (exact) mass is 326 g/mol. The quantitative estimate of drug-likeness (QED) is 0.679. The first-order valence-electron chi connectivity index (χ1n) is 6.08. The van der Waals surface area contributed by atoms with E-state index in [0.717, 1.165) is 25.9 Å². The van der Waals surface area contributed by atoms with Gasteiger partial charge in [-0.15, -0.1) is 0 Å². The van der Waals surface area contributed by atoms with Crippen LogP contribution in [0.3, 0.4) is 0 Å². The lowest BCUT2D eigenvalue weighted by Crippen LogP contribution is -2.32. The number of nitrogens with two attached hydrogens (primary N) is 1. The normalized spacial score (nSPS) is 14.5. The van der Waals surface area contributed by atoms with E-state index in [0.29, 0.717) is 15.7 Å². The highest BCUT2D eigenvalue weighted by molar-refractivity contribution is 9.10. The van der Waals surface area contributed by atoms with Crippen molar-refractivity contribution in [2.45, 2.75) is 12.8 Å². The third-order valence-corrected chi connectivity index (χ3v) is 3.92. The van der Waals surface area contributed by atoms with Gasteiger partial charge in [0.25, 0.3) is 5.91 Å². The van der Waals surface area contributed by atoms with Gasteiger partial charge in [-0.25, -0.2) is 4.79 Å². The third-order valence-electron chi connectivity index (χ3n) is 3.03. The summed E-state index contributed by atoms with van der Waals surface area (Å²) in [6.45, 7) is 1.27. The summed E-state index contributed by atoms with van der Waals surface area (Å²) in [6.07, 6.45) is 2.03. The van der Waals surface area contributed by atoms with Crippen LogP contribution in [-0.2, 0) is 9.53 Å². The molecule has 1 saturated heterocycles. The molecule has 1 fully saturated rings. The van der Waals surface area contributed by atoms with Crippen molar-refractivity contribution < 1.29 is 14.3 Å². The van der Waals surface area contributed by atoms with Gasteiger partial charge in [-0.1, -0.05) is 6.07 Å². The van der Waals surface area contributed by atoms with Crippen molar-refractivity contribution in [1.29, 1.82) is 0 Å². The topological polar surface area (TPSA) is 72.6 Å². The Balaban J connectivity index is 1.94. The molecule has 0 saturated carbocycles. The van der Waals surface area contributed by atoms with Crippen molar-refractivity contribution in [3.63, 3.8) is 0 Å². The van der Waals surface area contributed by atoms with Gasteiger partial charge in [-0.3, -0.25) is 4.79 Å². The molecule has 102 valence electrons. The van der Waals surface area contributed by atoms with Crippen molar-refractivity contribution in [2.75, 3.05) is 25.4 Å². The molecule has 5 nitrogen and oxygen atoms in total. The lowest BCUT2D eigenvalue weighted by Gasteiger charge is -2.15. The summed E-state index contributed by atoms with van der Waals surface area (Å²) in [6, 6.07) is 4.94. The molecule has 0 aromatic heterocycles. The average Bonchev–Trinajstić information content (AvgIpc) is 2.93. The molecule has 6 heteroatoms. The zero-order chi connectivity index (χ0) is 13.8. The number of carbonyl (C=O) groups is 2. The van der Waals surface area contributed by atoms with Crippen molar-refractivity contribution in [3.05, 3.63) is 28.2 Å². The number of nitrogen functional groups attached to an aromatic ring is 1. The van der Waals surface area contributed by atoms with E-state index in [-0.39, 0.29) is 12.5 Å². The summed E-state index contributed by atoms with van der Waals surface area (Å²) >= 11 is 3.23. The van der Waals surface area contributed by atoms with Crippen LogP contribution in [-0.4, -0.2) is 36.5 Å². The van der Waals surface area contributed by atoms with Gasteiger partial charge in [0.05, 0.1) is 10.0 Å². The van der Waals surface area contributed by atoms with Crippen LogP contribution in [0.4, 0.5) is 5.69 Å². The molecule has 0 spiro atoms. The second-order valence-electron chi connectivity index (χ2n) is 4.37. The molecule has 1 aromatic rings. The number of esters is 1. The molecule has 0 atom stereocenters. The third kappa shape index (κ3) is 3.26. The SMILES string of the molecule is Nc1cccc(C(=O)OCC(=O)N2CCCC2)c1Br. The predicted octanol–water partition coefficient (Wildman–Crippen LogP) is 1.81. The van der Waals surface area contributed by atoms with Crippen molar-refractivity contribution in [1.82, 2.24) is 4.90 Å². The minimum absolute atomic E-state index is 0.147. The largest absolute Gasteiger partial charge is 0.452 e. The van der Waals surface area contributed by atoms with Gasteiger partial charge in [0.1, 0.15) is 0 Å². The van der Waals surface area contributed by atoms with Crippen molar-refractivity contribution >= 4 is 33.5 Å². The van der Waals surface area contributed by atoms with Gasteiger partial charge in [0.15, 0.2) is 6.61 Å². The molecule has 19 heavy (non-hydrogen) atoms. The van der Waals surface area contributed by atoms with Crippen LogP contribution >= 0.6 is 15.9 Å². The summed E-state index contributed by atoms with van der Waals surface area (Å²) in [5.74, 6) is -0.697. The minimum Gasteiger partial charge on any atom is -0.452 e.